The van der Waals surface area contributed by atoms with E-state index in [4.69, 9.17) is 5.73 Å². The predicted octanol–water partition coefficient (Wildman–Crippen LogP) is 0.142. The van der Waals surface area contributed by atoms with Crippen LogP contribution in [-0.2, 0) is 20.7 Å². The van der Waals surface area contributed by atoms with Gasteiger partial charge in [-0.1, -0.05) is 12.1 Å². The van der Waals surface area contributed by atoms with E-state index in [0.29, 0.717) is 18.3 Å². The second-order valence-corrected chi connectivity index (χ2v) is 3.90. The lowest BCUT2D eigenvalue weighted by molar-refractivity contribution is -0.141. The fraction of sp³-hybridized carbons (Fsp3) is 0.333. The zero-order chi connectivity index (χ0) is 13.4. The van der Waals surface area contributed by atoms with Crippen LogP contribution < -0.4 is 11.0 Å². The fourth-order valence-electron chi connectivity index (χ4n) is 1.65. The zero-order valence-electron chi connectivity index (χ0n) is 10.3. The zero-order valence-corrected chi connectivity index (χ0v) is 10.3. The Kier molecular flexibility index (Phi) is 5.94. The van der Waals surface area contributed by atoms with Crippen molar-refractivity contribution in [1.29, 1.82) is 0 Å². The maximum Gasteiger partial charge on any atom is 0.307 e. The average molecular weight is 247 g/mol. The average Bonchev–Trinajstić information content (AvgIpc) is 2.35. The lowest BCUT2D eigenvalue weighted by Crippen LogP contribution is -2.37. The van der Waals surface area contributed by atoms with Crippen LogP contribution in [0.2, 0.25) is 0 Å². The Morgan fingerprint density at radius 3 is 3.00 bits per heavy atom. The number of hydrogen-bond donors (Lipinski definition) is 2. The summed E-state index contributed by atoms with van der Waals surface area (Å²) in [5.41, 5.74) is 7.35. The van der Waals surface area contributed by atoms with E-state index in [2.05, 4.69) is 9.96 Å². The minimum Gasteiger partial charge on any atom is -0.469 e. The number of nitrogens with one attached hydrogen (secondary N) is 1. The summed E-state index contributed by atoms with van der Waals surface area (Å²) in [7, 11) is 2.61. The van der Waals surface area contributed by atoms with E-state index in [0.717, 1.165) is 5.56 Å². The fourth-order valence-corrected chi connectivity index (χ4v) is 1.65. The predicted molar refractivity (Wildman–Crippen MR) is 70.6 cm³/mol. The van der Waals surface area contributed by atoms with Crippen LogP contribution in [0.25, 0.3) is 0 Å². The van der Waals surface area contributed by atoms with Crippen LogP contribution in [0, 0.1) is 0 Å². The maximum atomic E-state index is 11.3. The van der Waals surface area contributed by atoms with Crippen LogP contribution in [-0.4, -0.2) is 32.7 Å². The Labute approximate surface area is 107 Å². The number of nitrogens with two attached hydrogens (primary N) is 1. The number of hydrogen-bond acceptors (Lipinski definition) is 5. The molecule has 0 aliphatic rings. The van der Waals surface area contributed by atoms with Gasteiger partial charge in [-0.05, 0) is 24.1 Å². The smallest absolute Gasteiger partial charge is 0.307 e. The Morgan fingerprint density at radius 2 is 2.39 bits per heavy atom. The first kappa shape index (κ1) is 14.2. The van der Waals surface area contributed by atoms with Crippen molar-refractivity contribution in [3.05, 3.63) is 29.8 Å². The molecule has 1 atom stereocenters. The standard InChI is InChI=1S/C12H16BN2O3/c1-18-12(17)7-11(15-13-8-16)6-9-3-2-4-10(14)5-9/h2-5,8,11,15H,6-7,14H2,1H3/t11-/m0/s1. The van der Waals surface area contributed by atoms with Crippen LogP contribution in [0.1, 0.15) is 12.0 Å². The van der Waals surface area contributed by atoms with Gasteiger partial charge in [0, 0.05) is 11.7 Å². The van der Waals surface area contributed by atoms with Crippen molar-refractivity contribution < 1.29 is 14.3 Å². The molecule has 0 aromatic heterocycles. The molecule has 5 nitrogen and oxygen atoms in total. The second kappa shape index (κ2) is 7.50. The molecule has 1 radical (unpaired) electrons. The number of carbonyl (C=O) groups is 2. The molecule has 0 unspecified atom stereocenters. The SMILES string of the molecule is COC(=O)C[C@H](Cc1cccc(N)c1)N[B]C=O. The normalized spacial score (nSPS) is 11.6. The number of carbonyl (C=O) groups excluding carboxylic acids is 2. The summed E-state index contributed by atoms with van der Waals surface area (Å²) in [6.07, 6.45) is 1.42. The highest BCUT2D eigenvalue weighted by molar-refractivity contribution is 6.64. The Bertz CT molecular complexity index is 412. The largest absolute Gasteiger partial charge is 0.469 e. The lowest BCUT2D eigenvalue weighted by Gasteiger charge is -2.16. The minimum absolute atomic E-state index is 0.190. The quantitative estimate of drug-likeness (QED) is 0.310. The number of nitrogen functional groups attached to an aromatic ring is 1. The molecule has 1 aromatic carbocycles. The molecule has 1 rings (SSSR count). The van der Waals surface area contributed by atoms with Gasteiger partial charge in [0.15, 0.2) is 0 Å². The highest BCUT2D eigenvalue weighted by atomic mass is 16.5. The van der Waals surface area contributed by atoms with Gasteiger partial charge in [0.05, 0.1) is 19.7 Å². The Balaban J connectivity index is 2.64. The van der Waals surface area contributed by atoms with E-state index < -0.39 is 0 Å². The van der Waals surface area contributed by atoms with Crippen molar-refractivity contribution in [2.24, 2.45) is 0 Å². The van der Waals surface area contributed by atoms with Crippen molar-refractivity contribution in [2.75, 3.05) is 12.8 Å². The summed E-state index contributed by atoms with van der Waals surface area (Å²) < 4.78 is 4.62. The van der Waals surface area contributed by atoms with Crippen molar-refractivity contribution >= 4 is 25.3 Å². The molecule has 0 saturated heterocycles. The molecule has 0 spiro atoms. The summed E-state index contributed by atoms with van der Waals surface area (Å²) in [5.74, 6) is -0.323. The highest BCUT2D eigenvalue weighted by Gasteiger charge is 2.14. The molecule has 0 aliphatic carbocycles. The van der Waals surface area contributed by atoms with Gasteiger partial charge >= 0.3 is 5.97 Å². The second-order valence-electron chi connectivity index (χ2n) is 3.90. The summed E-state index contributed by atoms with van der Waals surface area (Å²) in [6.45, 7) is 0. The monoisotopic (exact) mass is 247 g/mol. The molecule has 95 valence electrons. The molecule has 0 amide bonds. The van der Waals surface area contributed by atoms with E-state index in [-0.39, 0.29) is 18.4 Å². The number of anilines is 1. The molecule has 3 N–H and O–H groups in total. The van der Waals surface area contributed by atoms with Gasteiger partial charge in [0.2, 0.25) is 0 Å². The molecule has 6 heteroatoms. The van der Waals surface area contributed by atoms with Crippen LogP contribution >= 0.6 is 0 Å². The number of rotatable bonds is 7. The maximum absolute atomic E-state index is 11.3. The molecule has 0 bridgehead atoms. The van der Waals surface area contributed by atoms with Crippen LogP contribution in [0.5, 0.6) is 0 Å². The van der Waals surface area contributed by atoms with E-state index in [9.17, 15) is 9.59 Å². The van der Waals surface area contributed by atoms with Crippen molar-refractivity contribution in [1.82, 2.24) is 5.23 Å². The van der Waals surface area contributed by atoms with Crippen molar-refractivity contribution in [3.63, 3.8) is 0 Å². The first-order valence-electron chi connectivity index (χ1n) is 5.60. The third-order valence-electron chi connectivity index (χ3n) is 2.47. The Hall–Kier alpha value is -1.82. The van der Waals surface area contributed by atoms with Gasteiger partial charge in [-0.25, -0.2) is 0 Å². The molecule has 0 heterocycles. The Morgan fingerprint density at radius 1 is 1.61 bits per heavy atom. The topological polar surface area (TPSA) is 81.4 Å². The molecule has 1 aromatic rings. The van der Waals surface area contributed by atoms with Gasteiger partial charge < -0.3 is 20.5 Å². The third-order valence-corrected chi connectivity index (χ3v) is 2.47. The molecular weight excluding hydrogens is 231 g/mol. The first-order chi connectivity index (χ1) is 8.65. The van der Waals surface area contributed by atoms with Crippen molar-refractivity contribution in [3.8, 4) is 0 Å². The van der Waals surface area contributed by atoms with Gasteiger partial charge in [-0.3, -0.25) is 4.79 Å². The first-order valence-corrected chi connectivity index (χ1v) is 5.60. The summed E-state index contributed by atoms with van der Waals surface area (Å²) >= 11 is 0. The molecular formula is C12H16BN2O3. The lowest BCUT2D eigenvalue weighted by atomic mass is 9.92. The minimum atomic E-state index is -0.323. The van der Waals surface area contributed by atoms with Gasteiger partial charge in [0.25, 0.3) is 7.41 Å². The summed E-state index contributed by atoms with van der Waals surface area (Å²) in [4.78, 5) is 21.6. The van der Waals surface area contributed by atoms with E-state index >= 15 is 0 Å². The summed E-state index contributed by atoms with van der Waals surface area (Å²) in [6, 6.07) is 7.22. The van der Waals surface area contributed by atoms with Gasteiger partial charge in [-0.15, -0.1) is 0 Å². The van der Waals surface area contributed by atoms with Crippen LogP contribution in [0.4, 0.5) is 5.69 Å². The number of esters is 1. The molecule has 18 heavy (non-hydrogen) atoms. The van der Waals surface area contributed by atoms with E-state index in [1.807, 2.05) is 18.2 Å². The van der Waals surface area contributed by atoms with Crippen LogP contribution in [0.15, 0.2) is 24.3 Å². The molecule has 0 saturated carbocycles. The molecule has 0 aliphatic heterocycles. The van der Waals surface area contributed by atoms with Crippen molar-refractivity contribution in [2.45, 2.75) is 18.9 Å². The number of methoxy groups -OCH3 is 1. The number of ether oxygens (including phenoxy) is 1. The highest BCUT2D eigenvalue weighted by Crippen LogP contribution is 2.10. The van der Waals surface area contributed by atoms with Crippen LogP contribution in [0.3, 0.4) is 0 Å². The van der Waals surface area contributed by atoms with Gasteiger partial charge in [-0.2, -0.15) is 0 Å². The number of benzene rings is 1. The summed E-state index contributed by atoms with van der Waals surface area (Å²) in [5, 5.41) is 2.87. The third kappa shape index (κ3) is 5.01. The van der Waals surface area contributed by atoms with E-state index in [1.54, 1.807) is 6.07 Å². The molecule has 0 fully saturated rings. The van der Waals surface area contributed by atoms with E-state index in [1.165, 1.54) is 14.5 Å². The van der Waals surface area contributed by atoms with Gasteiger partial charge in [0.1, 0.15) is 0 Å².